The number of hydrogen-bond acceptors (Lipinski definition) is 3. The molecule has 1 unspecified atom stereocenters. The molecule has 0 aliphatic heterocycles. The number of amides is 2. The van der Waals surface area contributed by atoms with Crippen molar-refractivity contribution in [2.24, 2.45) is 13.0 Å². The summed E-state index contributed by atoms with van der Waals surface area (Å²) in [5.74, 6) is 0.0733. The van der Waals surface area contributed by atoms with Crippen molar-refractivity contribution in [3.63, 3.8) is 0 Å². The van der Waals surface area contributed by atoms with Crippen LogP contribution < -0.4 is 10.6 Å². The molecule has 3 N–H and O–H groups in total. The van der Waals surface area contributed by atoms with Gasteiger partial charge in [-0.25, -0.2) is 4.79 Å². The predicted octanol–water partition coefficient (Wildman–Crippen LogP) is 2.21. The van der Waals surface area contributed by atoms with Gasteiger partial charge in [-0.3, -0.25) is 14.8 Å². The van der Waals surface area contributed by atoms with E-state index in [1.807, 2.05) is 0 Å². The fourth-order valence-corrected chi connectivity index (χ4v) is 2.20. The van der Waals surface area contributed by atoms with Gasteiger partial charge in [0.1, 0.15) is 0 Å². The SMILES string of the molecule is CCCC(CCNC(=O)Nc1ccn(C)n1)CCC(=O)O. The first-order valence-corrected chi connectivity index (χ1v) is 7.27. The van der Waals surface area contributed by atoms with Crippen molar-refractivity contribution in [3.8, 4) is 0 Å². The van der Waals surface area contributed by atoms with Crippen LogP contribution in [0.3, 0.4) is 0 Å². The van der Waals surface area contributed by atoms with Crippen molar-refractivity contribution < 1.29 is 14.7 Å². The molecule has 0 bridgehead atoms. The molecule has 1 rings (SSSR count). The maximum absolute atomic E-state index is 11.7. The fraction of sp³-hybridized carbons (Fsp3) is 0.643. The average molecular weight is 296 g/mol. The van der Waals surface area contributed by atoms with Crippen molar-refractivity contribution in [2.75, 3.05) is 11.9 Å². The minimum absolute atomic E-state index is 0.185. The number of hydrogen-bond donors (Lipinski definition) is 3. The second-order valence-electron chi connectivity index (χ2n) is 5.13. The summed E-state index contributed by atoms with van der Waals surface area (Å²) in [4.78, 5) is 22.3. The number of nitrogens with one attached hydrogen (secondary N) is 2. The molecule has 1 aromatic rings. The Hall–Kier alpha value is -2.05. The number of carboxylic acids is 1. The molecule has 0 saturated carbocycles. The lowest BCUT2D eigenvalue weighted by molar-refractivity contribution is -0.137. The third kappa shape index (κ3) is 7.34. The number of aliphatic carboxylic acids is 1. The van der Waals surface area contributed by atoms with E-state index in [0.29, 0.717) is 24.7 Å². The van der Waals surface area contributed by atoms with Crippen molar-refractivity contribution in [3.05, 3.63) is 12.3 Å². The van der Waals surface area contributed by atoms with Crippen LogP contribution in [0.5, 0.6) is 0 Å². The van der Waals surface area contributed by atoms with Gasteiger partial charge in [-0.2, -0.15) is 5.10 Å². The van der Waals surface area contributed by atoms with Gasteiger partial charge in [0.15, 0.2) is 5.82 Å². The maximum Gasteiger partial charge on any atom is 0.320 e. The molecule has 7 heteroatoms. The highest BCUT2D eigenvalue weighted by Gasteiger charge is 2.11. The second-order valence-corrected chi connectivity index (χ2v) is 5.13. The molecule has 1 heterocycles. The highest BCUT2D eigenvalue weighted by molar-refractivity contribution is 5.88. The number of anilines is 1. The van der Waals surface area contributed by atoms with Crippen molar-refractivity contribution in [1.82, 2.24) is 15.1 Å². The maximum atomic E-state index is 11.7. The molecule has 21 heavy (non-hydrogen) atoms. The van der Waals surface area contributed by atoms with Gasteiger partial charge in [-0.15, -0.1) is 0 Å². The van der Waals surface area contributed by atoms with E-state index in [1.165, 1.54) is 0 Å². The van der Waals surface area contributed by atoms with Gasteiger partial charge >= 0.3 is 12.0 Å². The first-order chi connectivity index (χ1) is 10.0. The normalized spacial score (nSPS) is 11.9. The van der Waals surface area contributed by atoms with E-state index < -0.39 is 5.97 Å². The van der Waals surface area contributed by atoms with E-state index in [1.54, 1.807) is 24.0 Å². The number of carbonyl (C=O) groups is 2. The first kappa shape index (κ1) is 17.0. The number of aryl methyl sites for hydroxylation is 1. The summed E-state index contributed by atoms with van der Waals surface area (Å²) >= 11 is 0. The van der Waals surface area contributed by atoms with E-state index in [0.717, 1.165) is 19.3 Å². The zero-order chi connectivity index (χ0) is 15.7. The molecule has 0 spiro atoms. The summed E-state index contributed by atoms with van der Waals surface area (Å²) in [6.07, 6.45) is 5.38. The van der Waals surface area contributed by atoms with Gasteiger partial charge in [0.25, 0.3) is 0 Å². The Morgan fingerprint density at radius 2 is 2.14 bits per heavy atom. The van der Waals surface area contributed by atoms with Crippen molar-refractivity contribution >= 4 is 17.8 Å². The molecule has 0 saturated heterocycles. The zero-order valence-corrected chi connectivity index (χ0v) is 12.6. The second kappa shape index (κ2) is 8.99. The van der Waals surface area contributed by atoms with Crippen LogP contribution in [0.4, 0.5) is 10.6 Å². The number of rotatable bonds is 9. The average Bonchev–Trinajstić information content (AvgIpc) is 2.81. The van der Waals surface area contributed by atoms with Crippen LogP contribution in [0, 0.1) is 5.92 Å². The van der Waals surface area contributed by atoms with E-state index in [2.05, 4.69) is 22.7 Å². The van der Waals surface area contributed by atoms with Crippen molar-refractivity contribution in [1.29, 1.82) is 0 Å². The summed E-state index contributed by atoms with van der Waals surface area (Å²) in [5, 5.41) is 18.2. The van der Waals surface area contributed by atoms with E-state index in [9.17, 15) is 9.59 Å². The van der Waals surface area contributed by atoms with Gasteiger partial charge in [-0.1, -0.05) is 19.8 Å². The van der Waals surface area contributed by atoms with Crippen molar-refractivity contribution in [2.45, 2.75) is 39.0 Å². The molecular formula is C14H24N4O3. The summed E-state index contributed by atoms with van der Waals surface area (Å²) in [5.41, 5.74) is 0. The molecule has 0 aliphatic rings. The molecule has 118 valence electrons. The smallest absolute Gasteiger partial charge is 0.320 e. The minimum atomic E-state index is -0.767. The summed E-state index contributed by atoms with van der Waals surface area (Å²) in [6, 6.07) is 1.42. The van der Waals surface area contributed by atoms with E-state index in [-0.39, 0.29) is 12.5 Å². The lowest BCUT2D eigenvalue weighted by Gasteiger charge is -2.15. The fourth-order valence-electron chi connectivity index (χ4n) is 2.20. The summed E-state index contributed by atoms with van der Waals surface area (Å²) in [7, 11) is 1.78. The van der Waals surface area contributed by atoms with E-state index in [4.69, 9.17) is 5.11 Å². The highest BCUT2D eigenvalue weighted by Crippen LogP contribution is 2.17. The van der Waals surface area contributed by atoms with Gasteiger partial charge < -0.3 is 10.4 Å². The molecule has 1 atom stereocenters. The number of aromatic nitrogens is 2. The molecule has 0 fully saturated rings. The third-order valence-electron chi connectivity index (χ3n) is 3.26. The van der Waals surface area contributed by atoms with Crippen LogP contribution in [0.1, 0.15) is 39.0 Å². The van der Waals surface area contributed by atoms with Gasteiger partial charge in [-0.05, 0) is 18.8 Å². The molecule has 1 aromatic heterocycles. The Morgan fingerprint density at radius 3 is 2.71 bits per heavy atom. The highest BCUT2D eigenvalue weighted by atomic mass is 16.4. The van der Waals surface area contributed by atoms with Crippen LogP contribution in [0.2, 0.25) is 0 Å². The largest absolute Gasteiger partial charge is 0.481 e. The van der Waals surface area contributed by atoms with Crippen LogP contribution in [-0.4, -0.2) is 33.4 Å². The minimum Gasteiger partial charge on any atom is -0.481 e. The number of nitrogens with zero attached hydrogens (tertiary/aromatic N) is 2. The van der Waals surface area contributed by atoms with Gasteiger partial charge in [0, 0.05) is 32.3 Å². The quantitative estimate of drug-likeness (QED) is 0.651. The number of carbonyl (C=O) groups excluding carboxylic acids is 1. The predicted molar refractivity (Wildman–Crippen MR) is 80.1 cm³/mol. The number of carboxylic acid groups (broad SMARTS) is 1. The van der Waals surface area contributed by atoms with E-state index >= 15 is 0 Å². The molecular weight excluding hydrogens is 272 g/mol. The standard InChI is InChI=1S/C14H24N4O3/c1-3-4-11(5-6-13(19)20)7-9-15-14(21)16-12-8-10-18(2)17-12/h8,10-11H,3-7,9H2,1-2H3,(H,19,20)(H2,15,16,17,21). The van der Waals surface area contributed by atoms with Crippen LogP contribution >= 0.6 is 0 Å². The zero-order valence-electron chi connectivity index (χ0n) is 12.6. The third-order valence-corrected chi connectivity index (χ3v) is 3.26. The van der Waals surface area contributed by atoms with Gasteiger partial charge in [0.05, 0.1) is 0 Å². The Kier molecular flexibility index (Phi) is 7.28. The summed E-state index contributed by atoms with van der Waals surface area (Å²) < 4.78 is 1.61. The molecule has 2 amide bonds. The lowest BCUT2D eigenvalue weighted by atomic mass is 9.94. The van der Waals surface area contributed by atoms with Crippen LogP contribution in [0.15, 0.2) is 12.3 Å². The Morgan fingerprint density at radius 1 is 1.38 bits per heavy atom. The van der Waals surface area contributed by atoms with Crippen LogP contribution in [0.25, 0.3) is 0 Å². The topological polar surface area (TPSA) is 96.3 Å². The molecule has 0 radical (unpaired) electrons. The first-order valence-electron chi connectivity index (χ1n) is 7.27. The molecule has 0 aliphatic carbocycles. The monoisotopic (exact) mass is 296 g/mol. The number of urea groups is 1. The van der Waals surface area contributed by atoms with Crippen LogP contribution in [-0.2, 0) is 11.8 Å². The Balaban J connectivity index is 2.25. The molecule has 7 nitrogen and oxygen atoms in total. The Labute approximate surface area is 124 Å². The lowest BCUT2D eigenvalue weighted by Crippen LogP contribution is -2.30. The van der Waals surface area contributed by atoms with Gasteiger partial charge in [0.2, 0.25) is 0 Å². The summed E-state index contributed by atoms with van der Waals surface area (Å²) in [6.45, 7) is 2.61. The Bertz CT molecular complexity index is 459. The molecule has 0 aromatic carbocycles.